The molecule has 172 valence electrons. The second-order valence-electron chi connectivity index (χ2n) is 7.46. The van der Waals surface area contributed by atoms with E-state index in [-0.39, 0.29) is 27.8 Å². The molecule has 10 nitrogen and oxygen atoms in total. The number of benzene rings is 2. The molecule has 3 aromatic rings. The highest BCUT2D eigenvalue weighted by atomic mass is 32.2. The first-order valence-corrected chi connectivity index (χ1v) is 13.4. The van der Waals surface area contributed by atoms with Gasteiger partial charge in [-0.05, 0) is 42.2 Å². The van der Waals surface area contributed by atoms with E-state index >= 15 is 0 Å². The van der Waals surface area contributed by atoms with E-state index in [1.165, 1.54) is 18.2 Å². The van der Waals surface area contributed by atoms with E-state index < -0.39 is 32.0 Å². The summed E-state index contributed by atoms with van der Waals surface area (Å²) in [7, 11) is -7.78. The number of carbonyl (C=O) groups is 1. The Bertz CT molecular complexity index is 1320. The molecule has 1 unspecified atom stereocenters. The van der Waals surface area contributed by atoms with Crippen molar-refractivity contribution in [3.05, 3.63) is 48.0 Å². The number of carbonyl (C=O) groups excluding carboxylic acids is 1. The van der Waals surface area contributed by atoms with Crippen LogP contribution in [0.25, 0.3) is 11.0 Å². The average molecular weight is 498 g/mol. The molecule has 0 fully saturated rings. The molecule has 0 radical (unpaired) electrons. The Labute approximate surface area is 190 Å². The van der Waals surface area contributed by atoms with E-state index in [0.29, 0.717) is 11.9 Å². The van der Waals surface area contributed by atoms with Crippen molar-refractivity contribution in [2.24, 2.45) is 11.1 Å². The monoisotopic (exact) mass is 497 g/mol. The van der Waals surface area contributed by atoms with Crippen molar-refractivity contribution in [1.29, 1.82) is 0 Å². The Hall–Kier alpha value is -2.45. The lowest BCUT2D eigenvalue weighted by molar-refractivity contribution is -0.123. The summed E-state index contributed by atoms with van der Waals surface area (Å²) in [5, 5.41) is 7.81. The van der Waals surface area contributed by atoms with E-state index in [9.17, 15) is 21.6 Å². The SMILES string of the molecule is CC(C)C(NS(=O)(=O)c1cccc2nsnc12)C(=O)NCCc1ccc(S(N)(=O)=O)cc1. The minimum Gasteiger partial charge on any atom is -0.354 e. The standard InChI is InChI=1S/C19H23N5O5S3/c1-12(2)17(24-32(28,29)16-5-3-4-15-18(16)23-30-22-15)19(25)21-11-10-13-6-8-14(9-7-13)31(20,26)27/h3-9,12,17,24H,10-11H2,1-2H3,(H,21,25)(H2,20,26,27). The van der Waals surface area contributed by atoms with E-state index in [1.807, 2.05) is 0 Å². The average Bonchev–Trinajstić information content (AvgIpc) is 3.20. The van der Waals surface area contributed by atoms with Crippen molar-refractivity contribution in [3.8, 4) is 0 Å². The van der Waals surface area contributed by atoms with Crippen LogP contribution in [0, 0.1) is 5.92 Å². The fourth-order valence-electron chi connectivity index (χ4n) is 3.01. The maximum atomic E-state index is 13.0. The first-order chi connectivity index (χ1) is 15.0. The molecule has 1 aromatic heterocycles. The van der Waals surface area contributed by atoms with Gasteiger partial charge in [0.1, 0.15) is 22.0 Å². The highest BCUT2D eigenvalue weighted by Gasteiger charge is 2.29. The number of fused-ring (bicyclic) bond motifs is 1. The number of rotatable bonds is 9. The highest BCUT2D eigenvalue weighted by Crippen LogP contribution is 2.22. The van der Waals surface area contributed by atoms with Crippen molar-refractivity contribution in [2.75, 3.05) is 6.54 Å². The zero-order valence-corrected chi connectivity index (χ0v) is 19.8. The van der Waals surface area contributed by atoms with Gasteiger partial charge in [-0.2, -0.15) is 13.5 Å². The lowest BCUT2D eigenvalue weighted by Crippen LogP contribution is -2.50. The zero-order chi connectivity index (χ0) is 23.5. The van der Waals surface area contributed by atoms with Crippen LogP contribution in [-0.4, -0.2) is 44.1 Å². The van der Waals surface area contributed by atoms with Crippen LogP contribution in [0.5, 0.6) is 0 Å². The summed E-state index contributed by atoms with van der Waals surface area (Å²) in [6.45, 7) is 3.72. The quantitative estimate of drug-likeness (QED) is 0.397. The number of hydrogen-bond donors (Lipinski definition) is 3. The molecular formula is C19H23N5O5S3. The molecule has 0 aliphatic rings. The van der Waals surface area contributed by atoms with E-state index in [0.717, 1.165) is 17.3 Å². The fraction of sp³-hybridized carbons (Fsp3) is 0.316. The van der Waals surface area contributed by atoms with Crippen LogP contribution in [0.2, 0.25) is 0 Å². The first-order valence-electron chi connectivity index (χ1n) is 9.62. The van der Waals surface area contributed by atoms with Gasteiger partial charge in [-0.15, -0.1) is 0 Å². The van der Waals surface area contributed by atoms with Gasteiger partial charge in [-0.25, -0.2) is 22.0 Å². The number of hydrogen-bond acceptors (Lipinski definition) is 8. The fourth-order valence-corrected chi connectivity index (χ4v) is 5.63. The first kappa shape index (κ1) is 24.2. The molecule has 32 heavy (non-hydrogen) atoms. The largest absolute Gasteiger partial charge is 0.354 e. The van der Waals surface area contributed by atoms with Gasteiger partial charge in [0.25, 0.3) is 0 Å². The molecule has 0 saturated carbocycles. The van der Waals surface area contributed by atoms with Crippen molar-refractivity contribution >= 4 is 48.7 Å². The third-order valence-corrected chi connectivity index (χ3v) is 7.68. The van der Waals surface area contributed by atoms with Crippen LogP contribution >= 0.6 is 11.7 Å². The van der Waals surface area contributed by atoms with Gasteiger partial charge < -0.3 is 5.32 Å². The lowest BCUT2D eigenvalue weighted by Gasteiger charge is -2.21. The Morgan fingerprint density at radius 2 is 1.75 bits per heavy atom. The molecule has 13 heteroatoms. The van der Waals surface area contributed by atoms with Crippen molar-refractivity contribution in [2.45, 2.75) is 36.1 Å². The van der Waals surface area contributed by atoms with Crippen LogP contribution in [-0.2, 0) is 31.3 Å². The number of nitrogens with two attached hydrogens (primary N) is 1. The second-order valence-corrected chi connectivity index (χ2v) is 11.2. The van der Waals surface area contributed by atoms with E-state index in [1.54, 1.807) is 38.1 Å². The summed E-state index contributed by atoms with van der Waals surface area (Å²) in [5.41, 5.74) is 1.52. The summed E-state index contributed by atoms with van der Waals surface area (Å²) in [4.78, 5) is 12.7. The maximum Gasteiger partial charge on any atom is 0.243 e. The van der Waals surface area contributed by atoms with Gasteiger partial charge in [0.15, 0.2) is 0 Å². The second kappa shape index (κ2) is 9.58. The van der Waals surface area contributed by atoms with E-state index in [4.69, 9.17) is 5.14 Å². The van der Waals surface area contributed by atoms with Crippen LogP contribution < -0.4 is 15.2 Å². The number of primary sulfonamides is 1. The Morgan fingerprint density at radius 3 is 2.38 bits per heavy atom. The summed E-state index contributed by atoms with van der Waals surface area (Å²) < 4.78 is 59.1. The van der Waals surface area contributed by atoms with Gasteiger partial charge in [0.2, 0.25) is 26.0 Å². The van der Waals surface area contributed by atoms with Crippen LogP contribution in [0.15, 0.2) is 52.3 Å². The molecule has 0 spiro atoms. The van der Waals surface area contributed by atoms with Crippen molar-refractivity contribution < 1.29 is 21.6 Å². The summed E-state index contributed by atoms with van der Waals surface area (Å²) in [6, 6.07) is 9.67. The molecule has 0 bridgehead atoms. The van der Waals surface area contributed by atoms with Crippen LogP contribution in [0.1, 0.15) is 19.4 Å². The lowest BCUT2D eigenvalue weighted by atomic mass is 10.0. The van der Waals surface area contributed by atoms with Crippen LogP contribution in [0.4, 0.5) is 0 Å². The third-order valence-electron chi connectivity index (χ3n) is 4.73. The molecule has 0 aliphatic carbocycles. The number of aromatic nitrogens is 2. The molecule has 4 N–H and O–H groups in total. The molecule has 2 aromatic carbocycles. The molecular weight excluding hydrogens is 474 g/mol. The smallest absolute Gasteiger partial charge is 0.243 e. The summed E-state index contributed by atoms with van der Waals surface area (Å²) in [5.74, 6) is -0.778. The third kappa shape index (κ3) is 5.66. The Balaban J connectivity index is 1.66. The predicted molar refractivity (Wildman–Crippen MR) is 121 cm³/mol. The minimum absolute atomic E-state index is 0.00453. The highest BCUT2D eigenvalue weighted by molar-refractivity contribution is 7.89. The minimum atomic E-state index is -4.02. The van der Waals surface area contributed by atoms with E-state index in [2.05, 4.69) is 18.8 Å². The number of nitrogens with one attached hydrogen (secondary N) is 2. The molecule has 0 saturated heterocycles. The van der Waals surface area contributed by atoms with Gasteiger partial charge in [-0.3, -0.25) is 4.79 Å². The van der Waals surface area contributed by atoms with Crippen molar-refractivity contribution in [3.63, 3.8) is 0 Å². The molecule has 1 amide bonds. The molecule has 3 rings (SSSR count). The van der Waals surface area contributed by atoms with Gasteiger partial charge in [0.05, 0.1) is 16.6 Å². The summed E-state index contributed by atoms with van der Waals surface area (Å²) in [6.07, 6.45) is 0.429. The Kier molecular flexibility index (Phi) is 7.25. The Morgan fingerprint density at radius 1 is 1.06 bits per heavy atom. The van der Waals surface area contributed by atoms with Gasteiger partial charge >= 0.3 is 0 Å². The van der Waals surface area contributed by atoms with Crippen molar-refractivity contribution in [1.82, 2.24) is 18.8 Å². The number of sulfonamides is 2. The van der Waals surface area contributed by atoms with Crippen LogP contribution in [0.3, 0.4) is 0 Å². The summed E-state index contributed by atoms with van der Waals surface area (Å²) >= 11 is 0.914. The predicted octanol–water partition coefficient (Wildman–Crippen LogP) is 1.00. The number of nitrogens with zero attached hydrogens (tertiary/aromatic N) is 2. The zero-order valence-electron chi connectivity index (χ0n) is 17.3. The van der Waals surface area contributed by atoms with Gasteiger partial charge in [0, 0.05) is 6.54 Å². The number of amides is 1. The molecule has 1 heterocycles. The topological polar surface area (TPSA) is 161 Å². The van der Waals surface area contributed by atoms with Gasteiger partial charge in [-0.1, -0.05) is 32.0 Å². The normalized spacial score (nSPS) is 13.4. The maximum absolute atomic E-state index is 13.0. The molecule has 1 atom stereocenters. The molecule has 0 aliphatic heterocycles.